The number of hydrogen-bond donors (Lipinski definition) is 2. The highest BCUT2D eigenvalue weighted by Gasteiger charge is 2.63. The molecule has 3 saturated heterocycles. The highest BCUT2D eigenvalue weighted by atomic mass is 31.2. The number of nitrogens with zero attached hydrogens (tertiary/aromatic N) is 6. The van der Waals surface area contributed by atoms with Crippen molar-refractivity contribution in [2.24, 2.45) is 46.3 Å². The standard InChI is InChI=1S/C38H61N6O5P/c1-26-22-31-29-9-8-27-23-28(49-50(46,47)48)10-12-37(27,2)30(29)11-13-38(31,3)35(26)32(45)25-41-18-20-43(21-19-41)34-24-33(42-14-4-5-15-42)39-36(40-34)44-16-6-7-17-44/h24,26-31,35H,4-23,25H2,1-3H3,(H2,46,47,48)/t26-,27+,28-,29-,30+,31+,35-,37+,38+/m1/s1. The molecule has 0 amide bonds. The Morgan fingerprint density at radius 2 is 1.44 bits per heavy atom. The molecule has 1 aromatic heterocycles. The number of Topliss-reactive ketones (excluding diaryl/α,β-unsaturated/α-hetero) is 1. The maximum atomic E-state index is 14.4. The van der Waals surface area contributed by atoms with Crippen LogP contribution in [0.2, 0.25) is 0 Å². The predicted octanol–water partition coefficient (Wildman–Crippen LogP) is 5.75. The molecule has 3 aliphatic heterocycles. The number of phosphoric ester groups is 1. The zero-order chi connectivity index (χ0) is 34.8. The first-order valence-electron chi connectivity index (χ1n) is 20.0. The van der Waals surface area contributed by atoms with E-state index < -0.39 is 7.82 Å². The van der Waals surface area contributed by atoms with Crippen molar-refractivity contribution in [3.63, 3.8) is 0 Å². The third kappa shape index (κ3) is 6.54. The predicted molar refractivity (Wildman–Crippen MR) is 195 cm³/mol. The van der Waals surface area contributed by atoms with Crippen LogP contribution in [0.15, 0.2) is 6.07 Å². The van der Waals surface area contributed by atoms with Crippen molar-refractivity contribution in [2.75, 3.05) is 73.6 Å². The average molecular weight is 713 g/mol. The Morgan fingerprint density at radius 3 is 2.10 bits per heavy atom. The van der Waals surface area contributed by atoms with E-state index in [-0.39, 0.29) is 22.9 Å². The van der Waals surface area contributed by atoms with Crippen molar-refractivity contribution >= 4 is 31.2 Å². The summed E-state index contributed by atoms with van der Waals surface area (Å²) in [6.07, 6.45) is 12.7. The topological polar surface area (TPSA) is 123 Å². The molecule has 0 aromatic carbocycles. The Labute approximate surface area is 299 Å². The fourth-order valence-electron chi connectivity index (χ4n) is 12.8. The number of aromatic nitrogens is 2. The van der Waals surface area contributed by atoms with E-state index in [4.69, 9.17) is 14.5 Å². The molecule has 7 fully saturated rings. The molecule has 11 nitrogen and oxygen atoms in total. The number of carbonyl (C=O) groups excluding carboxylic acids is 1. The molecule has 4 saturated carbocycles. The second kappa shape index (κ2) is 13.6. The van der Waals surface area contributed by atoms with Gasteiger partial charge in [0.2, 0.25) is 5.95 Å². The van der Waals surface area contributed by atoms with Crippen molar-refractivity contribution in [3.05, 3.63) is 6.07 Å². The van der Waals surface area contributed by atoms with E-state index in [1.54, 1.807) is 0 Å². The summed E-state index contributed by atoms with van der Waals surface area (Å²) in [7, 11) is -4.47. The normalized spacial score (nSPS) is 39.4. The molecular weight excluding hydrogens is 651 g/mol. The molecule has 0 radical (unpaired) electrons. The monoisotopic (exact) mass is 712 g/mol. The molecule has 9 atom stereocenters. The highest BCUT2D eigenvalue weighted by Crippen LogP contribution is 2.68. The Kier molecular flexibility index (Phi) is 9.57. The summed E-state index contributed by atoms with van der Waals surface area (Å²) in [5.74, 6) is 6.29. The van der Waals surface area contributed by atoms with Gasteiger partial charge in [0.05, 0.1) is 12.6 Å². The van der Waals surface area contributed by atoms with Gasteiger partial charge in [-0.15, -0.1) is 0 Å². The number of carbonyl (C=O) groups is 1. The van der Waals surface area contributed by atoms with Crippen LogP contribution < -0.4 is 14.7 Å². The van der Waals surface area contributed by atoms with Gasteiger partial charge in [0.15, 0.2) is 5.78 Å². The quantitative estimate of drug-likeness (QED) is 0.321. The minimum atomic E-state index is -4.47. The van der Waals surface area contributed by atoms with Gasteiger partial charge in [0.1, 0.15) is 11.6 Å². The summed E-state index contributed by atoms with van der Waals surface area (Å²) in [4.78, 5) is 53.0. The fraction of sp³-hybridized carbons (Fsp3) is 0.868. The minimum absolute atomic E-state index is 0.0579. The summed E-state index contributed by atoms with van der Waals surface area (Å²) in [5.41, 5.74) is 0.250. The highest BCUT2D eigenvalue weighted by molar-refractivity contribution is 7.46. The van der Waals surface area contributed by atoms with Crippen LogP contribution in [0.25, 0.3) is 0 Å². The van der Waals surface area contributed by atoms with Crippen molar-refractivity contribution < 1.29 is 23.7 Å². The summed E-state index contributed by atoms with van der Waals surface area (Å²) < 4.78 is 16.8. The van der Waals surface area contributed by atoms with E-state index in [9.17, 15) is 19.1 Å². The third-order valence-electron chi connectivity index (χ3n) is 15.2. The molecule has 7 aliphatic rings. The molecule has 0 spiro atoms. The van der Waals surface area contributed by atoms with Gasteiger partial charge in [-0.05, 0) is 117 Å². The van der Waals surface area contributed by atoms with Crippen LogP contribution in [0.1, 0.15) is 97.8 Å². The summed E-state index contributed by atoms with van der Waals surface area (Å²) in [5, 5.41) is 0. The molecule has 50 heavy (non-hydrogen) atoms. The lowest BCUT2D eigenvalue weighted by atomic mass is 9.44. The molecule has 8 rings (SSSR count). The SMILES string of the molecule is C[C@@H]1C[C@H]2[C@@H]3CC[C@H]4C[C@H](OP(=O)(O)O)CC[C@]4(C)[C@H]3CC[C@]2(C)[C@H]1C(=O)CN1CCN(c2cc(N3CCCC3)nc(N3CCCC3)n2)CC1. The Morgan fingerprint density at radius 1 is 0.820 bits per heavy atom. The van der Waals surface area contributed by atoms with Crippen LogP contribution in [0.5, 0.6) is 0 Å². The van der Waals surface area contributed by atoms with E-state index in [1.165, 1.54) is 38.5 Å². The molecule has 4 aliphatic carbocycles. The maximum Gasteiger partial charge on any atom is 0.469 e. The number of phosphoric acid groups is 1. The van der Waals surface area contributed by atoms with Crippen LogP contribution in [-0.4, -0.2) is 95.4 Å². The van der Waals surface area contributed by atoms with Crippen molar-refractivity contribution in [2.45, 2.75) is 104 Å². The maximum absolute atomic E-state index is 14.4. The van der Waals surface area contributed by atoms with Crippen LogP contribution in [0.4, 0.5) is 17.6 Å². The molecule has 0 bridgehead atoms. The summed E-state index contributed by atoms with van der Waals surface area (Å²) in [6, 6.07) is 2.21. The first-order chi connectivity index (χ1) is 23.9. The molecule has 278 valence electrons. The van der Waals surface area contributed by atoms with E-state index >= 15 is 0 Å². The summed E-state index contributed by atoms with van der Waals surface area (Å²) in [6.45, 7) is 15.6. The zero-order valence-electron chi connectivity index (χ0n) is 30.7. The van der Waals surface area contributed by atoms with Gasteiger partial charge in [0, 0.05) is 64.3 Å². The molecule has 4 heterocycles. The number of fused-ring (bicyclic) bond motifs is 5. The van der Waals surface area contributed by atoms with E-state index in [2.05, 4.69) is 46.4 Å². The number of rotatable bonds is 8. The second-order valence-corrected chi connectivity index (χ2v) is 19.1. The fourth-order valence-corrected chi connectivity index (χ4v) is 13.3. The lowest BCUT2D eigenvalue weighted by molar-refractivity contribution is -0.141. The third-order valence-corrected chi connectivity index (χ3v) is 15.7. The molecular formula is C38H61N6O5P. The van der Waals surface area contributed by atoms with Crippen LogP contribution >= 0.6 is 7.82 Å². The Bertz CT molecular complexity index is 1420. The number of piperazine rings is 1. The van der Waals surface area contributed by atoms with Gasteiger partial charge in [-0.1, -0.05) is 20.8 Å². The molecule has 12 heteroatoms. The van der Waals surface area contributed by atoms with Crippen LogP contribution in [0.3, 0.4) is 0 Å². The van der Waals surface area contributed by atoms with Crippen LogP contribution in [-0.2, 0) is 13.9 Å². The number of hydrogen-bond acceptors (Lipinski definition) is 9. The van der Waals surface area contributed by atoms with Gasteiger partial charge in [-0.3, -0.25) is 14.2 Å². The van der Waals surface area contributed by atoms with Gasteiger partial charge >= 0.3 is 7.82 Å². The lowest BCUT2D eigenvalue weighted by Gasteiger charge is -2.61. The number of ketones is 1. The Balaban J connectivity index is 0.904. The van der Waals surface area contributed by atoms with Crippen molar-refractivity contribution in [3.8, 4) is 0 Å². The van der Waals surface area contributed by atoms with Gasteiger partial charge in [-0.25, -0.2) is 4.57 Å². The molecule has 0 unspecified atom stereocenters. The molecule has 2 N–H and O–H groups in total. The van der Waals surface area contributed by atoms with Gasteiger partial charge in [0.25, 0.3) is 0 Å². The van der Waals surface area contributed by atoms with Gasteiger partial charge < -0.3 is 24.5 Å². The molecule has 1 aromatic rings. The largest absolute Gasteiger partial charge is 0.469 e. The number of anilines is 3. The Hall–Kier alpha value is -1.78. The first kappa shape index (κ1) is 35.3. The van der Waals surface area contributed by atoms with E-state index in [0.717, 1.165) is 108 Å². The van der Waals surface area contributed by atoms with Crippen LogP contribution in [0, 0.1) is 46.3 Å². The minimum Gasteiger partial charge on any atom is -0.356 e. The zero-order valence-corrected chi connectivity index (χ0v) is 31.6. The average Bonchev–Trinajstić information content (AvgIpc) is 3.86. The second-order valence-electron chi connectivity index (χ2n) is 17.9. The van der Waals surface area contributed by atoms with Crippen molar-refractivity contribution in [1.82, 2.24) is 14.9 Å². The summed E-state index contributed by atoms with van der Waals surface area (Å²) >= 11 is 0. The van der Waals surface area contributed by atoms with E-state index in [0.29, 0.717) is 41.9 Å². The van der Waals surface area contributed by atoms with E-state index in [1.807, 2.05) is 0 Å². The van der Waals surface area contributed by atoms with Gasteiger partial charge in [-0.2, -0.15) is 9.97 Å². The van der Waals surface area contributed by atoms with Crippen molar-refractivity contribution in [1.29, 1.82) is 0 Å². The lowest BCUT2D eigenvalue weighted by Crippen LogP contribution is -2.55. The smallest absolute Gasteiger partial charge is 0.356 e. The first-order valence-corrected chi connectivity index (χ1v) is 21.6.